The predicted octanol–water partition coefficient (Wildman–Crippen LogP) is 2.88. The lowest BCUT2D eigenvalue weighted by atomic mass is 9.94. The summed E-state index contributed by atoms with van der Waals surface area (Å²) in [5, 5.41) is 2.83. The van der Waals surface area contributed by atoms with E-state index in [1.807, 2.05) is 0 Å². The molecule has 1 saturated heterocycles. The number of sulfonamides is 1. The van der Waals surface area contributed by atoms with E-state index in [-0.39, 0.29) is 10.8 Å². The van der Waals surface area contributed by atoms with Crippen LogP contribution in [0.1, 0.15) is 50.4 Å². The number of piperidine rings is 1. The fourth-order valence-electron chi connectivity index (χ4n) is 3.21. The first-order chi connectivity index (χ1) is 11.3. The Morgan fingerprint density at radius 3 is 2.29 bits per heavy atom. The zero-order valence-electron chi connectivity index (χ0n) is 14.8. The van der Waals surface area contributed by atoms with Crippen molar-refractivity contribution in [3.8, 4) is 0 Å². The summed E-state index contributed by atoms with van der Waals surface area (Å²) in [6.45, 7) is 7.99. The van der Waals surface area contributed by atoms with Crippen molar-refractivity contribution in [1.29, 1.82) is 0 Å². The molecule has 0 spiro atoms. The van der Waals surface area contributed by atoms with Gasteiger partial charge in [0.2, 0.25) is 10.0 Å². The van der Waals surface area contributed by atoms with Crippen LogP contribution in [0.3, 0.4) is 0 Å². The lowest BCUT2D eigenvalue weighted by Crippen LogP contribution is -2.42. The van der Waals surface area contributed by atoms with Crippen molar-refractivity contribution in [2.24, 2.45) is 11.8 Å². The highest BCUT2D eigenvalue weighted by Crippen LogP contribution is 2.26. The van der Waals surface area contributed by atoms with Crippen LogP contribution in [-0.2, 0) is 10.0 Å². The Morgan fingerprint density at radius 1 is 1.17 bits per heavy atom. The van der Waals surface area contributed by atoms with Crippen molar-refractivity contribution in [2.45, 2.75) is 44.9 Å². The summed E-state index contributed by atoms with van der Waals surface area (Å²) in [5.74, 6) is 0.576. The summed E-state index contributed by atoms with van der Waals surface area (Å²) in [4.78, 5) is 12.3. The van der Waals surface area contributed by atoms with E-state index in [1.54, 1.807) is 16.4 Å². The van der Waals surface area contributed by atoms with Crippen molar-refractivity contribution in [3.05, 3.63) is 29.8 Å². The number of nitrogens with one attached hydrogen (secondary N) is 1. The Morgan fingerprint density at radius 2 is 1.75 bits per heavy atom. The molecule has 1 aliphatic heterocycles. The topological polar surface area (TPSA) is 66.5 Å². The molecular weight excluding hydrogens is 324 g/mol. The van der Waals surface area contributed by atoms with Crippen LogP contribution in [0.2, 0.25) is 0 Å². The van der Waals surface area contributed by atoms with Crippen molar-refractivity contribution in [1.82, 2.24) is 9.62 Å². The van der Waals surface area contributed by atoms with Gasteiger partial charge in [-0.3, -0.25) is 4.79 Å². The SMILES string of the molecule is CCCCNC(=O)c1ccc(S(=O)(=O)N2CC(C)CC(C)C2)cc1. The molecule has 6 heteroatoms. The Bertz CT molecular complexity index is 645. The first-order valence-electron chi connectivity index (χ1n) is 8.73. The normalized spacial score (nSPS) is 22.3. The molecule has 1 amide bonds. The maximum Gasteiger partial charge on any atom is 0.251 e. The molecule has 24 heavy (non-hydrogen) atoms. The smallest absolute Gasteiger partial charge is 0.251 e. The minimum Gasteiger partial charge on any atom is -0.352 e. The average molecular weight is 353 g/mol. The molecule has 2 rings (SSSR count). The van der Waals surface area contributed by atoms with E-state index < -0.39 is 10.0 Å². The third-order valence-electron chi connectivity index (χ3n) is 4.41. The molecule has 0 saturated carbocycles. The summed E-state index contributed by atoms with van der Waals surface area (Å²) in [6, 6.07) is 6.25. The number of nitrogens with zero attached hydrogens (tertiary/aromatic N) is 1. The Labute approximate surface area is 145 Å². The van der Waals surface area contributed by atoms with Gasteiger partial charge in [0, 0.05) is 25.2 Å². The van der Waals surface area contributed by atoms with Gasteiger partial charge in [-0.1, -0.05) is 27.2 Å². The average Bonchev–Trinajstić information content (AvgIpc) is 2.54. The highest BCUT2D eigenvalue weighted by molar-refractivity contribution is 7.89. The van der Waals surface area contributed by atoms with Crippen LogP contribution in [0.25, 0.3) is 0 Å². The number of unbranched alkanes of at least 4 members (excludes halogenated alkanes) is 1. The Hall–Kier alpha value is -1.40. The zero-order valence-corrected chi connectivity index (χ0v) is 15.6. The monoisotopic (exact) mass is 352 g/mol. The molecule has 1 heterocycles. The lowest BCUT2D eigenvalue weighted by Gasteiger charge is -2.34. The molecule has 134 valence electrons. The first kappa shape index (κ1) is 18.9. The summed E-state index contributed by atoms with van der Waals surface area (Å²) in [5.41, 5.74) is 0.491. The molecule has 1 N–H and O–H groups in total. The van der Waals surface area contributed by atoms with Gasteiger partial charge in [-0.2, -0.15) is 4.31 Å². The third-order valence-corrected chi connectivity index (χ3v) is 6.25. The second-order valence-electron chi connectivity index (χ2n) is 6.90. The van der Waals surface area contributed by atoms with Gasteiger partial charge in [-0.25, -0.2) is 8.42 Å². The fourth-order valence-corrected chi connectivity index (χ4v) is 4.89. The molecule has 2 atom stereocenters. The molecule has 2 unspecified atom stereocenters. The minimum absolute atomic E-state index is 0.160. The summed E-state index contributed by atoms with van der Waals surface area (Å²) in [7, 11) is -3.49. The highest BCUT2D eigenvalue weighted by atomic mass is 32.2. The number of carbonyl (C=O) groups is 1. The van der Waals surface area contributed by atoms with Gasteiger partial charge in [0.25, 0.3) is 5.91 Å². The van der Waals surface area contributed by atoms with E-state index in [9.17, 15) is 13.2 Å². The van der Waals surface area contributed by atoms with Gasteiger partial charge in [-0.05, 0) is 48.9 Å². The van der Waals surface area contributed by atoms with Gasteiger partial charge in [0.05, 0.1) is 4.90 Å². The van der Waals surface area contributed by atoms with E-state index in [0.717, 1.165) is 19.3 Å². The van der Waals surface area contributed by atoms with E-state index in [1.165, 1.54) is 12.1 Å². The quantitative estimate of drug-likeness (QED) is 0.801. The molecular formula is C18H28N2O3S. The highest BCUT2D eigenvalue weighted by Gasteiger charge is 2.31. The number of amides is 1. The van der Waals surface area contributed by atoms with Crippen LogP contribution >= 0.6 is 0 Å². The largest absolute Gasteiger partial charge is 0.352 e. The lowest BCUT2D eigenvalue weighted by molar-refractivity contribution is 0.0953. The van der Waals surface area contributed by atoms with Gasteiger partial charge in [0.1, 0.15) is 0 Å². The fraction of sp³-hybridized carbons (Fsp3) is 0.611. The molecule has 1 aromatic carbocycles. The summed E-state index contributed by atoms with van der Waals surface area (Å²) >= 11 is 0. The van der Waals surface area contributed by atoms with Gasteiger partial charge in [-0.15, -0.1) is 0 Å². The second-order valence-corrected chi connectivity index (χ2v) is 8.84. The molecule has 1 aliphatic rings. The van der Waals surface area contributed by atoms with Crippen LogP contribution in [0, 0.1) is 11.8 Å². The number of rotatable bonds is 6. The molecule has 5 nitrogen and oxygen atoms in total. The number of hydrogen-bond acceptors (Lipinski definition) is 3. The zero-order chi connectivity index (χ0) is 17.7. The van der Waals surface area contributed by atoms with Gasteiger partial charge in [0.15, 0.2) is 0 Å². The van der Waals surface area contributed by atoms with Crippen LogP contribution in [0.4, 0.5) is 0 Å². The van der Waals surface area contributed by atoms with E-state index in [0.29, 0.717) is 37.0 Å². The molecule has 1 fully saturated rings. The Kier molecular flexibility index (Phi) is 6.40. The standard InChI is InChI=1S/C18H28N2O3S/c1-4-5-10-19-18(21)16-6-8-17(9-7-16)24(22,23)20-12-14(2)11-15(3)13-20/h6-9,14-15H,4-5,10-13H2,1-3H3,(H,19,21). The van der Waals surface area contributed by atoms with Crippen LogP contribution in [0.5, 0.6) is 0 Å². The van der Waals surface area contributed by atoms with Crippen LogP contribution < -0.4 is 5.32 Å². The second kappa shape index (κ2) is 8.12. The minimum atomic E-state index is -3.49. The van der Waals surface area contributed by atoms with Crippen molar-refractivity contribution >= 4 is 15.9 Å². The molecule has 0 aliphatic carbocycles. The molecule has 1 aromatic rings. The molecule has 0 radical (unpaired) electrons. The maximum atomic E-state index is 12.8. The van der Waals surface area contributed by atoms with Crippen molar-refractivity contribution < 1.29 is 13.2 Å². The number of hydrogen-bond donors (Lipinski definition) is 1. The molecule has 0 aromatic heterocycles. The maximum absolute atomic E-state index is 12.8. The third kappa shape index (κ3) is 4.57. The number of carbonyl (C=O) groups excluding carboxylic acids is 1. The summed E-state index contributed by atoms with van der Waals surface area (Å²) in [6.07, 6.45) is 3.01. The van der Waals surface area contributed by atoms with Gasteiger partial charge >= 0.3 is 0 Å². The predicted molar refractivity (Wildman–Crippen MR) is 95.4 cm³/mol. The van der Waals surface area contributed by atoms with Crippen LogP contribution in [0.15, 0.2) is 29.2 Å². The van der Waals surface area contributed by atoms with Crippen molar-refractivity contribution in [2.75, 3.05) is 19.6 Å². The summed E-state index contributed by atoms with van der Waals surface area (Å²) < 4.78 is 27.2. The van der Waals surface area contributed by atoms with Gasteiger partial charge < -0.3 is 5.32 Å². The van der Waals surface area contributed by atoms with E-state index in [2.05, 4.69) is 26.1 Å². The number of benzene rings is 1. The molecule has 0 bridgehead atoms. The van der Waals surface area contributed by atoms with Crippen LogP contribution in [-0.4, -0.2) is 38.3 Å². The Balaban J connectivity index is 2.10. The van der Waals surface area contributed by atoms with E-state index in [4.69, 9.17) is 0 Å². The first-order valence-corrected chi connectivity index (χ1v) is 10.2. The van der Waals surface area contributed by atoms with Crippen molar-refractivity contribution in [3.63, 3.8) is 0 Å². The van der Waals surface area contributed by atoms with E-state index >= 15 is 0 Å².